The number of nitrogens with one attached hydrogen (secondary N) is 1. The third-order valence-corrected chi connectivity index (χ3v) is 5.77. The number of aromatic nitrogens is 2. The van der Waals surface area contributed by atoms with Gasteiger partial charge in [-0.3, -0.25) is 14.8 Å². The van der Waals surface area contributed by atoms with Gasteiger partial charge in [0.25, 0.3) is 5.91 Å². The maximum absolute atomic E-state index is 14.1. The number of nitrogens with zero attached hydrogens (tertiary/aromatic N) is 3. The average Bonchev–Trinajstić information content (AvgIpc) is 3.26. The van der Waals surface area contributed by atoms with Crippen LogP contribution in [0.2, 0.25) is 0 Å². The van der Waals surface area contributed by atoms with Crippen molar-refractivity contribution < 1.29 is 9.18 Å². The molecule has 0 unspecified atom stereocenters. The monoisotopic (exact) mass is 406 g/mol. The number of H-pyrrole nitrogens is 1. The Kier molecular flexibility index (Phi) is 6.23. The van der Waals surface area contributed by atoms with Gasteiger partial charge in [0.05, 0.1) is 17.5 Å². The molecule has 1 aliphatic rings. The van der Waals surface area contributed by atoms with Crippen LogP contribution in [0.3, 0.4) is 0 Å². The van der Waals surface area contributed by atoms with E-state index in [2.05, 4.69) is 15.1 Å². The van der Waals surface area contributed by atoms with Crippen LogP contribution >= 0.6 is 0 Å². The topological polar surface area (TPSA) is 52.2 Å². The molecule has 156 valence electrons. The second kappa shape index (κ2) is 9.22. The number of halogens is 1. The molecule has 1 saturated heterocycles. The van der Waals surface area contributed by atoms with Crippen LogP contribution in [0, 0.1) is 5.82 Å². The van der Waals surface area contributed by atoms with Crippen LogP contribution in [0.15, 0.2) is 60.8 Å². The summed E-state index contributed by atoms with van der Waals surface area (Å²) in [6.45, 7) is 2.83. The molecule has 6 heteroatoms. The van der Waals surface area contributed by atoms with Crippen LogP contribution in [0.5, 0.6) is 0 Å². The zero-order chi connectivity index (χ0) is 20.9. The summed E-state index contributed by atoms with van der Waals surface area (Å²) >= 11 is 0. The van der Waals surface area contributed by atoms with Crippen molar-refractivity contribution in [3.8, 4) is 0 Å². The lowest BCUT2D eigenvalue weighted by molar-refractivity contribution is 0.0782. The number of hydrogen-bond acceptors (Lipinski definition) is 3. The van der Waals surface area contributed by atoms with Crippen molar-refractivity contribution in [1.29, 1.82) is 0 Å². The van der Waals surface area contributed by atoms with Gasteiger partial charge in [0.1, 0.15) is 5.82 Å². The van der Waals surface area contributed by atoms with Crippen molar-refractivity contribution in [2.45, 2.75) is 31.8 Å². The van der Waals surface area contributed by atoms with Gasteiger partial charge in [0.15, 0.2) is 0 Å². The molecule has 0 saturated carbocycles. The number of benzene rings is 2. The van der Waals surface area contributed by atoms with Gasteiger partial charge in [-0.05, 0) is 31.0 Å². The van der Waals surface area contributed by atoms with E-state index >= 15 is 0 Å². The zero-order valence-electron chi connectivity index (χ0n) is 17.2. The Morgan fingerprint density at radius 1 is 1.20 bits per heavy atom. The Morgan fingerprint density at radius 3 is 2.77 bits per heavy atom. The van der Waals surface area contributed by atoms with Gasteiger partial charge in [-0.1, -0.05) is 48.5 Å². The third kappa shape index (κ3) is 4.60. The summed E-state index contributed by atoms with van der Waals surface area (Å²) in [5.74, 6) is -0.0227. The molecule has 2 aromatic carbocycles. The predicted molar refractivity (Wildman–Crippen MR) is 114 cm³/mol. The van der Waals surface area contributed by atoms with Crippen molar-refractivity contribution in [1.82, 2.24) is 20.0 Å². The first-order valence-electron chi connectivity index (χ1n) is 10.4. The first-order chi connectivity index (χ1) is 14.6. The summed E-state index contributed by atoms with van der Waals surface area (Å²) in [4.78, 5) is 17.1. The highest BCUT2D eigenvalue weighted by atomic mass is 19.1. The minimum Gasteiger partial charge on any atom is -0.337 e. The van der Waals surface area contributed by atoms with E-state index in [1.807, 2.05) is 49.5 Å². The van der Waals surface area contributed by atoms with Gasteiger partial charge in [-0.2, -0.15) is 5.10 Å². The summed E-state index contributed by atoms with van der Waals surface area (Å²) in [7, 11) is 1.82. The zero-order valence-corrected chi connectivity index (χ0v) is 17.2. The smallest absolute Gasteiger partial charge is 0.257 e. The number of amides is 1. The van der Waals surface area contributed by atoms with Crippen molar-refractivity contribution >= 4 is 5.91 Å². The van der Waals surface area contributed by atoms with Crippen LogP contribution in [0.4, 0.5) is 4.39 Å². The predicted octanol–water partition coefficient (Wildman–Crippen LogP) is 4.20. The first kappa shape index (κ1) is 20.3. The molecule has 1 aliphatic heterocycles. The summed E-state index contributed by atoms with van der Waals surface area (Å²) < 4.78 is 14.1. The van der Waals surface area contributed by atoms with Crippen LogP contribution in [0.1, 0.15) is 45.9 Å². The van der Waals surface area contributed by atoms with E-state index in [1.165, 1.54) is 6.07 Å². The van der Waals surface area contributed by atoms with Crippen LogP contribution < -0.4 is 0 Å². The minimum atomic E-state index is -0.167. The number of piperidine rings is 1. The van der Waals surface area contributed by atoms with Gasteiger partial charge >= 0.3 is 0 Å². The Hall–Kier alpha value is -2.99. The lowest BCUT2D eigenvalue weighted by Crippen LogP contribution is -2.35. The molecule has 1 N–H and O–H groups in total. The summed E-state index contributed by atoms with van der Waals surface area (Å²) in [6, 6.07) is 16.9. The molecule has 0 aliphatic carbocycles. The van der Waals surface area contributed by atoms with E-state index in [-0.39, 0.29) is 17.6 Å². The summed E-state index contributed by atoms with van der Waals surface area (Å²) in [5.41, 5.74) is 3.32. The summed E-state index contributed by atoms with van der Waals surface area (Å²) in [6.07, 6.45) is 3.62. The van der Waals surface area contributed by atoms with Crippen LogP contribution in [-0.2, 0) is 13.1 Å². The van der Waals surface area contributed by atoms with Crippen molar-refractivity contribution in [3.63, 3.8) is 0 Å². The molecule has 0 radical (unpaired) electrons. The van der Waals surface area contributed by atoms with E-state index in [0.29, 0.717) is 24.2 Å². The largest absolute Gasteiger partial charge is 0.337 e. The Balaban J connectivity index is 1.45. The van der Waals surface area contributed by atoms with E-state index in [4.69, 9.17) is 0 Å². The fourth-order valence-corrected chi connectivity index (χ4v) is 4.21. The molecule has 1 fully saturated rings. The molecule has 4 rings (SSSR count). The third-order valence-electron chi connectivity index (χ3n) is 5.77. The number of carbonyl (C=O) groups is 1. The molecule has 3 aromatic rings. The Morgan fingerprint density at radius 2 is 1.97 bits per heavy atom. The molecular formula is C24H27FN4O. The Labute approximate surface area is 176 Å². The lowest BCUT2D eigenvalue weighted by atomic mass is 9.92. The van der Waals surface area contributed by atoms with Crippen molar-refractivity contribution in [3.05, 3.63) is 89.0 Å². The molecule has 1 aromatic heterocycles. The second-order valence-corrected chi connectivity index (χ2v) is 8.01. The summed E-state index contributed by atoms with van der Waals surface area (Å²) in [5, 5.41) is 7.25. The van der Waals surface area contributed by atoms with E-state index < -0.39 is 0 Å². The average molecular weight is 407 g/mol. The molecule has 2 heterocycles. The lowest BCUT2D eigenvalue weighted by Gasteiger charge is -2.33. The molecule has 0 bridgehead atoms. The SMILES string of the molecule is CN(Cc1ccccc1)C(=O)c1cn[nH]c1[C@H]1CCCN(Cc2ccccc2F)C1. The fourth-order valence-electron chi connectivity index (χ4n) is 4.21. The standard InChI is InChI=1S/C24H27FN4O/c1-28(15-18-8-3-2-4-9-18)24(30)21-14-26-27-23(21)20-11-7-13-29(17-20)16-19-10-5-6-12-22(19)25/h2-6,8-10,12,14,20H,7,11,13,15-17H2,1H3,(H,26,27)/t20-/m0/s1. The minimum absolute atomic E-state index is 0.0335. The van der Waals surface area contributed by atoms with E-state index in [0.717, 1.165) is 37.2 Å². The van der Waals surface area contributed by atoms with E-state index in [9.17, 15) is 9.18 Å². The molecule has 1 atom stereocenters. The Bertz CT molecular complexity index is 988. The first-order valence-corrected chi connectivity index (χ1v) is 10.4. The van der Waals surface area contributed by atoms with Crippen molar-refractivity contribution in [2.75, 3.05) is 20.1 Å². The van der Waals surface area contributed by atoms with Gasteiger partial charge in [-0.15, -0.1) is 0 Å². The highest BCUT2D eigenvalue weighted by Crippen LogP contribution is 2.29. The highest BCUT2D eigenvalue weighted by Gasteiger charge is 2.28. The van der Waals surface area contributed by atoms with Crippen LogP contribution in [-0.4, -0.2) is 46.0 Å². The van der Waals surface area contributed by atoms with Crippen LogP contribution in [0.25, 0.3) is 0 Å². The van der Waals surface area contributed by atoms with E-state index in [1.54, 1.807) is 17.2 Å². The quantitative estimate of drug-likeness (QED) is 0.668. The number of likely N-dealkylation sites (tertiary alicyclic amines) is 1. The molecule has 30 heavy (non-hydrogen) atoms. The van der Waals surface area contributed by atoms with Gasteiger partial charge in [0.2, 0.25) is 0 Å². The number of aromatic amines is 1. The highest BCUT2D eigenvalue weighted by molar-refractivity contribution is 5.95. The fraction of sp³-hybridized carbons (Fsp3) is 0.333. The normalized spacial score (nSPS) is 17.1. The maximum Gasteiger partial charge on any atom is 0.257 e. The molecule has 1 amide bonds. The molecule has 0 spiro atoms. The van der Waals surface area contributed by atoms with Crippen molar-refractivity contribution in [2.24, 2.45) is 0 Å². The second-order valence-electron chi connectivity index (χ2n) is 8.01. The van der Waals surface area contributed by atoms with Gasteiger partial charge in [-0.25, -0.2) is 4.39 Å². The molecule has 5 nitrogen and oxygen atoms in total. The van der Waals surface area contributed by atoms with Gasteiger partial charge < -0.3 is 4.90 Å². The number of hydrogen-bond donors (Lipinski definition) is 1. The maximum atomic E-state index is 14.1. The number of rotatable bonds is 6. The van der Waals surface area contributed by atoms with Gasteiger partial charge in [0, 0.05) is 38.2 Å². The molecular weight excluding hydrogens is 379 g/mol. The number of carbonyl (C=O) groups excluding carboxylic acids is 1.